The Morgan fingerprint density at radius 1 is 1.43 bits per heavy atom. The number of carbonyl (C=O) groups is 1. The molecule has 5 nitrogen and oxygen atoms in total. The van der Waals surface area contributed by atoms with Crippen LogP contribution in [0.2, 0.25) is 5.02 Å². The molecular weight excluding hydrogens is 294 g/mol. The maximum Gasteiger partial charge on any atom is 0.260 e. The molecule has 0 radical (unpaired) electrons. The zero-order chi connectivity index (χ0) is 15.8. The number of rotatable bonds is 8. The molecule has 0 fully saturated rings. The molecule has 21 heavy (non-hydrogen) atoms. The molecule has 1 unspecified atom stereocenters. The topological polar surface area (TPSA) is 67.8 Å². The van der Waals surface area contributed by atoms with Gasteiger partial charge in [0.05, 0.1) is 11.1 Å². The molecule has 1 aromatic rings. The summed E-state index contributed by atoms with van der Waals surface area (Å²) in [5.41, 5.74) is 0.698. The Morgan fingerprint density at radius 3 is 2.71 bits per heavy atom. The molecule has 0 aliphatic rings. The van der Waals surface area contributed by atoms with E-state index in [1.165, 1.54) is 0 Å². The third-order valence-corrected chi connectivity index (χ3v) is 3.23. The Bertz CT molecular complexity index is 465. The summed E-state index contributed by atoms with van der Waals surface area (Å²) in [5, 5.41) is 12.6. The summed E-state index contributed by atoms with van der Waals surface area (Å²) in [6.45, 7) is 4.45. The fourth-order valence-electron chi connectivity index (χ4n) is 1.69. The summed E-state index contributed by atoms with van der Waals surface area (Å²) < 4.78 is 10.4. The lowest BCUT2D eigenvalue weighted by atomic mass is 10.1. The van der Waals surface area contributed by atoms with E-state index >= 15 is 0 Å². The second-order valence-corrected chi connectivity index (χ2v) is 5.17. The summed E-state index contributed by atoms with van der Waals surface area (Å²) in [4.78, 5) is 11.8. The Labute approximate surface area is 130 Å². The highest BCUT2D eigenvalue weighted by molar-refractivity contribution is 6.32. The van der Waals surface area contributed by atoms with E-state index in [-0.39, 0.29) is 5.91 Å². The molecule has 118 valence electrons. The van der Waals surface area contributed by atoms with Gasteiger partial charge in [0.15, 0.2) is 6.10 Å². The number of carbonyl (C=O) groups excluding carboxylic acids is 1. The van der Waals surface area contributed by atoms with Crippen molar-refractivity contribution in [3.8, 4) is 5.75 Å². The van der Waals surface area contributed by atoms with Gasteiger partial charge in [0.1, 0.15) is 5.75 Å². The van der Waals surface area contributed by atoms with Crippen molar-refractivity contribution in [3.05, 3.63) is 28.8 Å². The van der Waals surface area contributed by atoms with Crippen molar-refractivity contribution in [3.63, 3.8) is 0 Å². The zero-order valence-electron chi connectivity index (χ0n) is 12.6. The molecule has 0 saturated heterocycles. The summed E-state index contributed by atoms with van der Waals surface area (Å²) >= 11 is 6.08. The van der Waals surface area contributed by atoms with E-state index in [2.05, 4.69) is 5.32 Å². The predicted molar refractivity (Wildman–Crippen MR) is 81.7 cm³/mol. The summed E-state index contributed by atoms with van der Waals surface area (Å²) in [6, 6.07) is 5.00. The van der Waals surface area contributed by atoms with E-state index < -0.39 is 12.2 Å². The molecule has 0 aliphatic heterocycles. The number of methoxy groups -OCH3 is 1. The fourth-order valence-corrected chi connectivity index (χ4v) is 1.92. The van der Waals surface area contributed by atoms with E-state index in [0.717, 1.165) is 6.42 Å². The van der Waals surface area contributed by atoms with Crippen molar-refractivity contribution < 1.29 is 19.4 Å². The van der Waals surface area contributed by atoms with Crippen LogP contribution in [0.3, 0.4) is 0 Å². The van der Waals surface area contributed by atoms with Gasteiger partial charge in [0, 0.05) is 20.3 Å². The van der Waals surface area contributed by atoms with Crippen molar-refractivity contribution in [1.29, 1.82) is 0 Å². The van der Waals surface area contributed by atoms with E-state index in [0.29, 0.717) is 29.5 Å². The Hall–Kier alpha value is -1.30. The molecule has 6 heteroatoms. The number of halogens is 1. The molecule has 1 aromatic carbocycles. The van der Waals surface area contributed by atoms with Gasteiger partial charge in [-0.2, -0.15) is 0 Å². The number of amides is 1. The minimum atomic E-state index is -0.651. The van der Waals surface area contributed by atoms with Crippen LogP contribution in [0.25, 0.3) is 0 Å². The molecule has 0 spiro atoms. The molecule has 0 saturated carbocycles. The normalized spacial score (nSPS) is 13.6. The smallest absolute Gasteiger partial charge is 0.260 e. The van der Waals surface area contributed by atoms with Gasteiger partial charge in [-0.3, -0.25) is 4.79 Å². The van der Waals surface area contributed by atoms with Gasteiger partial charge in [-0.15, -0.1) is 0 Å². The molecule has 2 N–H and O–H groups in total. The Balaban J connectivity index is 2.54. The van der Waals surface area contributed by atoms with E-state index in [9.17, 15) is 9.90 Å². The first-order valence-corrected chi connectivity index (χ1v) is 7.24. The lowest BCUT2D eigenvalue weighted by molar-refractivity contribution is -0.127. The quantitative estimate of drug-likeness (QED) is 0.722. The van der Waals surface area contributed by atoms with E-state index in [4.69, 9.17) is 21.1 Å². The van der Waals surface area contributed by atoms with Gasteiger partial charge in [0.25, 0.3) is 5.91 Å². The predicted octanol–water partition coefficient (Wildman–Crippen LogP) is 2.31. The lowest BCUT2D eigenvalue weighted by Gasteiger charge is -2.16. The average molecular weight is 316 g/mol. The molecular formula is C15H22ClNO4. The average Bonchev–Trinajstić information content (AvgIpc) is 2.45. The third-order valence-electron chi connectivity index (χ3n) is 2.94. The highest BCUT2D eigenvalue weighted by Crippen LogP contribution is 2.28. The molecule has 1 rings (SSSR count). The number of benzene rings is 1. The van der Waals surface area contributed by atoms with Crippen LogP contribution in [0, 0.1) is 0 Å². The monoisotopic (exact) mass is 315 g/mol. The maximum atomic E-state index is 11.8. The summed E-state index contributed by atoms with van der Waals surface area (Å²) in [5.74, 6) is 0.211. The Kier molecular flexibility index (Phi) is 7.50. The SMILES string of the molecule is COCCCNC(=O)C(C)Oc1ccc([C@@H](C)O)cc1Cl. The van der Waals surface area contributed by atoms with E-state index in [1.807, 2.05) is 0 Å². The molecule has 0 aromatic heterocycles. The van der Waals surface area contributed by atoms with Gasteiger partial charge in [0.2, 0.25) is 0 Å². The number of ether oxygens (including phenoxy) is 2. The van der Waals surface area contributed by atoms with Crippen molar-refractivity contribution in [2.45, 2.75) is 32.5 Å². The first kappa shape index (κ1) is 17.8. The molecule has 0 aliphatic carbocycles. The molecule has 0 heterocycles. The van der Waals surface area contributed by atoms with Crippen LogP contribution in [0.1, 0.15) is 31.9 Å². The third kappa shape index (κ3) is 5.91. The lowest BCUT2D eigenvalue weighted by Crippen LogP contribution is -2.37. The highest BCUT2D eigenvalue weighted by Gasteiger charge is 2.16. The highest BCUT2D eigenvalue weighted by atomic mass is 35.5. The number of nitrogens with one attached hydrogen (secondary N) is 1. The largest absolute Gasteiger partial charge is 0.479 e. The van der Waals surface area contributed by atoms with Gasteiger partial charge >= 0.3 is 0 Å². The molecule has 1 amide bonds. The van der Waals surface area contributed by atoms with Crippen LogP contribution >= 0.6 is 11.6 Å². The number of hydrogen-bond donors (Lipinski definition) is 2. The van der Waals surface area contributed by atoms with Crippen molar-refractivity contribution in [2.75, 3.05) is 20.3 Å². The molecule has 2 atom stereocenters. The second-order valence-electron chi connectivity index (χ2n) is 4.76. The van der Waals surface area contributed by atoms with Crippen LogP contribution in [0.4, 0.5) is 0 Å². The van der Waals surface area contributed by atoms with Crippen LogP contribution in [-0.2, 0) is 9.53 Å². The first-order valence-electron chi connectivity index (χ1n) is 6.86. The fraction of sp³-hybridized carbons (Fsp3) is 0.533. The minimum Gasteiger partial charge on any atom is -0.479 e. The number of aliphatic hydroxyl groups is 1. The van der Waals surface area contributed by atoms with Crippen molar-refractivity contribution in [1.82, 2.24) is 5.32 Å². The number of aliphatic hydroxyl groups excluding tert-OH is 1. The zero-order valence-corrected chi connectivity index (χ0v) is 13.3. The van der Waals surface area contributed by atoms with Crippen molar-refractivity contribution in [2.24, 2.45) is 0 Å². The van der Waals surface area contributed by atoms with Gasteiger partial charge in [-0.05, 0) is 38.0 Å². The Morgan fingerprint density at radius 2 is 2.14 bits per heavy atom. The standard InChI is InChI=1S/C15H22ClNO4/c1-10(18)12-5-6-14(13(16)9-12)21-11(2)15(19)17-7-4-8-20-3/h5-6,9-11,18H,4,7-8H2,1-3H3,(H,17,19)/t10-,11?/m1/s1. The van der Waals surface area contributed by atoms with Crippen LogP contribution < -0.4 is 10.1 Å². The van der Waals surface area contributed by atoms with Gasteiger partial charge in [-0.1, -0.05) is 17.7 Å². The van der Waals surface area contributed by atoms with Gasteiger partial charge < -0.3 is 19.9 Å². The molecule has 0 bridgehead atoms. The summed E-state index contributed by atoms with van der Waals surface area (Å²) in [6.07, 6.45) is -0.501. The minimum absolute atomic E-state index is 0.207. The van der Waals surface area contributed by atoms with Crippen LogP contribution in [0.5, 0.6) is 5.75 Å². The van der Waals surface area contributed by atoms with Crippen LogP contribution in [0.15, 0.2) is 18.2 Å². The van der Waals surface area contributed by atoms with Crippen LogP contribution in [-0.4, -0.2) is 37.4 Å². The first-order chi connectivity index (χ1) is 9.95. The summed E-state index contributed by atoms with van der Waals surface area (Å²) in [7, 11) is 1.62. The number of hydrogen-bond acceptors (Lipinski definition) is 4. The second kappa shape index (κ2) is 8.87. The van der Waals surface area contributed by atoms with E-state index in [1.54, 1.807) is 39.2 Å². The van der Waals surface area contributed by atoms with Crippen molar-refractivity contribution >= 4 is 17.5 Å². The maximum absolute atomic E-state index is 11.8. The van der Waals surface area contributed by atoms with Gasteiger partial charge in [-0.25, -0.2) is 0 Å².